The summed E-state index contributed by atoms with van der Waals surface area (Å²) in [7, 11) is 0. The molecule has 1 atom stereocenters. The van der Waals surface area contributed by atoms with Gasteiger partial charge in [0.15, 0.2) is 0 Å². The summed E-state index contributed by atoms with van der Waals surface area (Å²) in [5.74, 6) is 0.684. The predicted octanol–water partition coefficient (Wildman–Crippen LogP) is 1.39. The van der Waals surface area contributed by atoms with Crippen molar-refractivity contribution in [1.29, 1.82) is 5.26 Å². The molecular formula is C14H20N4O. The Labute approximate surface area is 114 Å². The minimum Gasteiger partial charge on any atom is -0.379 e. The van der Waals surface area contributed by atoms with E-state index in [2.05, 4.69) is 28.2 Å². The molecule has 5 nitrogen and oxygen atoms in total. The monoisotopic (exact) mass is 260 g/mol. The van der Waals surface area contributed by atoms with Crippen LogP contribution in [0.2, 0.25) is 0 Å². The fourth-order valence-corrected chi connectivity index (χ4v) is 2.21. The summed E-state index contributed by atoms with van der Waals surface area (Å²) in [6, 6.07) is 6.09. The van der Waals surface area contributed by atoms with E-state index in [0.29, 0.717) is 11.4 Å². The van der Waals surface area contributed by atoms with Crippen LogP contribution in [0.4, 0.5) is 5.82 Å². The SMILES string of the molecule is Cc1ccc(C#N)c(NC(C)CN2CCOCC2)n1. The molecule has 0 bridgehead atoms. The van der Waals surface area contributed by atoms with Crippen LogP contribution in [0.3, 0.4) is 0 Å². The second-order valence-electron chi connectivity index (χ2n) is 4.92. The highest BCUT2D eigenvalue weighted by molar-refractivity contribution is 5.52. The van der Waals surface area contributed by atoms with Crippen LogP contribution in [0, 0.1) is 18.3 Å². The van der Waals surface area contributed by atoms with Crippen molar-refractivity contribution in [2.24, 2.45) is 0 Å². The van der Waals surface area contributed by atoms with Gasteiger partial charge in [-0.25, -0.2) is 4.98 Å². The Morgan fingerprint density at radius 3 is 2.89 bits per heavy atom. The van der Waals surface area contributed by atoms with E-state index in [-0.39, 0.29) is 6.04 Å². The Kier molecular flexibility index (Phi) is 4.72. The maximum Gasteiger partial charge on any atom is 0.144 e. The van der Waals surface area contributed by atoms with Gasteiger partial charge in [0.1, 0.15) is 11.9 Å². The molecule has 0 amide bonds. The maximum absolute atomic E-state index is 9.09. The van der Waals surface area contributed by atoms with E-state index in [1.807, 2.05) is 19.1 Å². The van der Waals surface area contributed by atoms with Gasteiger partial charge in [0.2, 0.25) is 0 Å². The van der Waals surface area contributed by atoms with Crippen LogP contribution in [0.15, 0.2) is 12.1 Å². The summed E-state index contributed by atoms with van der Waals surface area (Å²) in [6.45, 7) is 8.53. The third kappa shape index (κ3) is 3.91. The first-order valence-corrected chi connectivity index (χ1v) is 6.63. The number of anilines is 1. The quantitative estimate of drug-likeness (QED) is 0.886. The van der Waals surface area contributed by atoms with Crippen molar-refractivity contribution in [3.05, 3.63) is 23.4 Å². The number of ether oxygens (including phenoxy) is 1. The van der Waals surface area contributed by atoms with E-state index >= 15 is 0 Å². The van der Waals surface area contributed by atoms with Crippen molar-refractivity contribution in [3.63, 3.8) is 0 Å². The number of aryl methyl sites for hydroxylation is 1. The number of nitrogens with one attached hydrogen (secondary N) is 1. The molecule has 1 aliphatic heterocycles. The zero-order chi connectivity index (χ0) is 13.7. The zero-order valence-corrected chi connectivity index (χ0v) is 11.5. The summed E-state index contributed by atoms with van der Waals surface area (Å²) < 4.78 is 5.33. The van der Waals surface area contributed by atoms with E-state index in [1.165, 1.54) is 0 Å². The smallest absolute Gasteiger partial charge is 0.144 e. The standard InChI is InChI=1S/C14H20N4O/c1-11-3-4-13(9-15)14(16-11)17-12(2)10-18-5-7-19-8-6-18/h3-4,12H,5-8,10H2,1-2H3,(H,16,17). The Morgan fingerprint density at radius 1 is 1.47 bits per heavy atom. The highest BCUT2D eigenvalue weighted by Crippen LogP contribution is 2.13. The van der Waals surface area contributed by atoms with E-state index in [0.717, 1.165) is 38.5 Å². The molecule has 1 aliphatic rings. The molecule has 1 fully saturated rings. The lowest BCUT2D eigenvalue weighted by atomic mass is 10.2. The van der Waals surface area contributed by atoms with Crippen molar-refractivity contribution in [2.75, 3.05) is 38.2 Å². The number of nitriles is 1. The number of morpholine rings is 1. The maximum atomic E-state index is 9.09. The van der Waals surface area contributed by atoms with Crippen LogP contribution in [-0.4, -0.2) is 48.8 Å². The fraction of sp³-hybridized carbons (Fsp3) is 0.571. The highest BCUT2D eigenvalue weighted by Gasteiger charge is 2.15. The third-order valence-electron chi connectivity index (χ3n) is 3.17. The molecule has 2 rings (SSSR count). The highest BCUT2D eigenvalue weighted by atomic mass is 16.5. The van der Waals surface area contributed by atoms with Crippen LogP contribution < -0.4 is 5.32 Å². The molecule has 0 spiro atoms. The molecule has 0 radical (unpaired) electrons. The summed E-state index contributed by atoms with van der Waals surface area (Å²) in [6.07, 6.45) is 0. The summed E-state index contributed by atoms with van der Waals surface area (Å²) in [5, 5.41) is 12.4. The topological polar surface area (TPSA) is 61.2 Å². The van der Waals surface area contributed by atoms with Crippen molar-refractivity contribution in [2.45, 2.75) is 19.9 Å². The molecule has 1 aromatic rings. The van der Waals surface area contributed by atoms with E-state index < -0.39 is 0 Å². The second kappa shape index (κ2) is 6.50. The van der Waals surface area contributed by atoms with Gasteiger partial charge in [-0.05, 0) is 26.0 Å². The average molecular weight is 260 g/mol. The number of pyridine rings is 1. The van der Waals surface area contributed by atoms with Gasteiger partial charge < -0.3 is 10.1 Å². The molecule has 2 heterocycles. The van der Waals surface area contributed by atoms with Gasteiger partial charge in [0.25, 0.3) is 0 Å². The summed E-state index contributed by atoms with van der Waals surface area (Å²) in [4.78, 5) is 6.76. The lowest BCUT2D eigenvalue weighted by Crippen LogP contribution is -2.42. The molecule has 1 unspecified atom stereocenters. The molecule has 102 valence electrons. The lowest BCUT2D eigenvalue weighted by Gasteiger charge is -2.29. The molecule has 1 N–H and O–H groups in total. The second-order valence-corrected chi connectivity index (χ2v) is 4.92. The number of nitrogens with zero attached hydrogens (tertiary/aromatic N) is 3. The van der Waals surface area contributed by atoms with Crippen molar-refractivity contribution in [1.82, 2.24) is 9.88 Å². The molecule has 1 saturated heterocycles. The molecule has 1 aromatic heterocycles. The molecule has 0 aromatic carbocycles. The van der Waals surface area contributed by atoms with Crippen molar-refractivity contribution < 1.29 is 4.74 Å². The normalized spacial score (nSPS) is 17.7. The first-order valence-electron chi connectivity index (χ1n) is 6.63. The van der Waals surface area contributed by atoms with Gasteiger partial charge in [-0.15, -0.1) is 0 Å². The van der Waals surface area contributed by atoms with Gasteiger partial charge in [-0.2, -0.15) is 5.26 Å². The summed E-state index contributed by atoms with van der Waals surface area (Å²) in [5.41, 5.74) is 1.51. The van der Waals surface area contributed by atoms with E-state index in [4.69, 9.17) is 10.00 Å². The molecule has 5 heteroatoms. The van der Waals surface area contributed by atoms with Gasteiger partial charge in [-0.3, -0.25) is 4.90 Å². The minimum absolute atomic E-state index is 0.250. The number of rotatable bonds is 4. The predicted molar refractivity (Wildman–Crippen MR) is 74.0 cm³/mol. The van der Waals surface area contributed by atoms with E-state index in [9.17, 15) is 0 Å². The van der Waals surface area contributed by atoms with Crippen molar-refractivity contribution >= 4 is 5.82 Å². The van der Waals surface area contributed by atoms with Crippen LogP contribution in [0.1, 0.15) is 18.2 Å². The molecular weight excluding hydrogens is 240 g/mol. The zero-order valence-electron chi connectivity index (χ0n) is 11.5. The number of hydrogen-bond acceptors (Lipinski definition) is 5. The van der Waals surface area contributed by atoms with E-state index in [1.54, 1.807) is 0 Å². The van der Waals surface area contributed by atoms with Crippen LogP contribution in [0.5, 0.6) is 0 Å². The fourth-order valence-electron chi connectivity index (χ4n) is 2.21. The first-order chi connectivity index (χ1) is 9.19. The lowest BCUT2D eigenvalue weighted by molar-refractivity contribution is 0.0368. The van der Waals surface area contributed by atoms with Gasteiger partial charge in [0, 0.05) is 31.4 Å². The molecule has 0 saturated carbocycles. The van der Waals surface area contributed by atoms with Crippen molar-refractivity contribution in [3.8, 4) is 6.07 Å². The number of hydrogen-bond donors (Lipinski definition) is 1. The van der Waals surface area contributed by atoms with Crippen LogP contribution >= 0.6 is 0 Å². The van der Waals surface area contributed by atoms with Crippen LogP contribution in [-0.2, 0) is 4.74 Å². The van der Waals surface area contributed by atoms with Crippen LogP contribution in [0.25, 0.3) is 0 Å². The van der Waals surface area contributed by atoms with Gasteiger partial charge in [-0.1, -0.05) is 0 Å². The Hall–Kier alpha value is -1.64. The Bertz CT molecular complexity index is 463. The minimum atomic E-state index is 0.250. The first kappa shape index (κ1) is 13.8. The Balaban J connectivity index is 1.96. The Morgan fingerprint density at radius 2 is 2.21 bits per heavy atom. The summed E-state index contributed by atoms with van der Waals surface area (Å²) >= 11 is 0. The van der Waals surface area contributed by atoms with Gasteiger partial charge in [0.05, 0.1) is 18.8 Å². The molecule has 0 aliphatic carbocycles. The largest absolute Gasteiger partial charge is 0.379 e. The number of aromatic nitrogens is 1. The van der Waals surface area contributed by atoms with Gasteiger partial charge >= 0.3 is 0 Å². The third-order valence-corrected chi connectivity index (χ3v) is 3.17. The average Bonchev–Trinajstić information content (AvgIpc) is 2.40. The molecule has 19 heavy (non-hydrogen) atoms.